The van der Waals surface area contributed by atoms with Crippen molar-refractivity contribution in [1.29, 1.82) is 0 Å². The van der Waals surface area contributed by atoms with Gasteiger partial charge in [0.15, 0.2) is 11.5 Å². The summed E-state index contributed by atoms with van der Waals surface area (Å²) in [7, 11) is 3.14. The van der Waals surface area contributed by atoms with Crippen molar-refractivity contribution in [2.75, 3.05) is 26.1 Å². The Bertz CT molecular complexity index is 1370. The maximum Gasteiger partial charge on any atom is 0.254 e. The van der Waals surface area contributed by atoms with Crippen LogP contribution in [0.1, 0.15) is 24.2 Å². The lowest BCUT2D eigenvalue weighted by Crippen LogP contribution is -2.42. The summed E-state index contributed by atoms with van der Waals surface area (Å²) in [5.74, 6) is 0.898. The second-order valence-electron chi connectivity index (χ2n) is 8.67. The lowest BCUT2D eigenvalue weighted by atomic mass is 10.1. The largest absolute Gasteiger partial charge is 0.493 e. The van der Waals surface area contributed by atoms with E-state index in [1.807, 2.05) is 68.6 Å². The molecule has 0 aliphatic carbocycles. The molecule has 4 rings (SSSR count). The van der Waals surface area contributed by atoms with E-state index < -0.39 is 0 Å². The van der Waals surface area contributed by atoms with Crippen molar-refractivity contribution >= 4 is 17.8 Å². The summed E-state index contributed by atoms with van der Waals surface area (Å²) in [4.78, 5) is 32.5. The first-order chi connectivity index (χ1) is 17.9. The van der Waals surface area contributed by atoms with Gasteiger partial charge in [-0.2, -0.15) is 0 Å². The quantitative estimate of drug-likeness (QED) is 0.349. The lowest BCUT2D eigenvalue weighted by molar-refractivity contribution is -0.117. The smallest absolute Gasteiger partial charge is 0.254 e. The van der Waals surface area contributed by atoms with E-state index in [0.717, 1.165) is 11.3 Å². The first-order valence-corrected chi connectivity index (χ1v) is 11.9. The predicted octanol–water partition coefficient (Wildman–Crippen LogP) is 5.05. The molecule has 8 heteroatoms. The number of aromatic nitrogens is 2. The Balaban J connectivity index is 1.66. The van der Waals surface area contributed by atoms with E-state index in [4.69, 9.17) is 14.5 Å². The molecule has 37 heavy (non-hydrogen) atoms. The third kappa shape index (κ3) is 5.81. The molecule has 1 aromatic heterocycles. The Morgan fingerprint density at radius 2 is 1.57 bits per heavy atom. The monoisotopic (exact) mass is 498 g/mol. The van der Waals surface area contributed by atoms with Crippen LogP contribution in [0.15, 0.2) is 85.1 Å². The van der Waals surface area contributed by atoms with Crippen LogP contribution in [0.25, 0.3) is 16.9 Å². The van der Waals surface area contributed by atoms with Crippen LogP contribution in [0.5, 0.6) is 11.5 Å². The number of anilines is 1. The molecule has 0 fully saturated rings. The van der Waals surface area contributed by atoms with Gasteiger partial charge in [0, 0.05) is 29.4 Å². The van der Waals surface area contributed by atoms with Gasteiger partial charge in [0.2, 0.25) is 11.9 Å². The maximum absolute atomic E-state index is 13.2. The first-order valence-electron chi connectivity index (χ1n) is 11.9. The molecule has 0 saturated heterocycles. The summed E-state index contributed by atoms with van der Waals surface area (Å²) in [6, 6.07) is 23.9. The minimum atomic E-state index is -0.357. The highest BCUT2D eigenvalue weighted by molar-refractivity contribution is 5.99. The Kier molecular flexibility index (Phi) is 7.88. The van der Waals surface area contributed by atoms with Gasteiger partial charge in [-0.15, -0.1) is 0 Å². The molecule has 0 saturated carbocycles. The van der Waals surface area contributed by atoms with Crippen molar-refractivity contribution in [1.82, 2.24) is 14.5 Å². The Morgan fingerprint density at radius 3 is 2.19 bits per heavy atom. The van der Waals surface area contributed by atoms with E-state index in [1.165, 1.54) is 4.90 Å². The van der Waals surface area contributed by atoms with E-state index in [0.29, 0.717) is 28.7 Å². The lowest BCUT2D eigenvalue weighted by Gasteiger charge is -2.26. The van der Waals surface area contributed by atoms with Crippen molar-refractivity contribution in [3.05, 3.63) is 90.6 Å². The number of nitrogens with one attached hydrogen (secondary N) is 1. The predicted molar refractivity (Wildman–Crippen MR) is 143 cm³/mol. The van der Waals surface area contributed by atoms with Gasteiger partial charge in [-0.25, -0.2) is 4.98 Å². The second kappa shape index (κ2) is 11.4. The zero-order chi connectivity index (χ0) is 26.4. The molecule has 3 aromatic carbocycles. The number of imidazole rings is 1. The highest BCUT2D eigenvalue weighted by Gasteiger charge is 2.23. The number of ether oxygens (including phenoxy) is 2. The van der Waals surface area contributed by atoms with Crippen molar-refractivity contribution < 1.29 is 19.1 Å². The summed E-state index contributed by atoms with van der Waals surface area (Å²) in [5.41, 5.74) is 2.85. The minimum Gasteiger partial charge on any atom is -0.493 e. The minimum absolute atomic E-state index is 0.120. The molecule has 4 aromatic rings. The normalized spacial score (nSPS) is 10.7. The highest BCUT2D eigenvalue weighted by atomic mass is 16.5. The van der Waals surface area contributed by atoms with Crippen LogP contribution in [-0.4, -0.2) is 53.1 Å². The van der Waals surface area contributed by atoms with Crippen LogP contribution in [0.2, 0.25) is 0 Å². The number of carbonyl (C=O) groups excluding carboxylic acids is 2. The molecule has 8 nitrogen and oxygen atoms in total. The molecule has 0 spiro atoms. The molecule has 190 valence electrons. The van der Waals surface area contributed by atoms with Gasteiger partial charge in [0.05, 0.1) is 25.6 Å². The van der Waals surface area contributed by atoms with E-state index in [1.54, 1.807) is 49.1 Å². The molecular weight excluding hydrogens is 468 g/mol. The van der Waals surface area contributed by atoms with Gasteiger partial charge in [0.25, 0.3) is 5.91 Å². The Morgan fingerprint density at radius 1 is 0.919 bits per heavy atom. The van der Waals surface area contributed by atoms with Crippen molar-refractivity contribution in [2.45, 2.75) is 19.9 Å². The van der Waals surface area contributed by atoms with Crippen molar-refractivity contribution in [3.8, 4) is 28.4 Å². The maximum atomic E-state index is 13.2. The number of nitrogens with zero attached hydrogens (tertiary/aromatic N) is 3. The topological polar surface area (TPSA) is 85.7 Å². The van der Waals surface area contributed by atoms with Gasteiger partial charge < -0.3 is 14.4 Å². The number of carbonyl (C=O) groups is 2. The fraction of sp³-hybridized carbons (Fsp3) is 0.207. The fourth-order valence-corrected chi connectivity index (χ4v) is 3.94. The summed E-state index contributed by atoms with van der Waals surface area (Å²) in [6.45, 7) is 3.64. The van der Waals surface area contributed by atoms with E-state index in [2.05, 4.69) is 5.32 Å². The average Bonchev–Trinajstić information content (AvgIpc) is 3.35. The molecule has 2 amide bonds. The Hall–Kier alpha value is -4.59. The van der Waals surface area contributed by atoms with Crippen LogP contribution < -0.4 is 14.8 Å². The van der Waals surface area contributed by atoms with E-state index in [9.17, 15) is 9.59 Å². The van der Waals surface area contributed by atoms with Gasteiger partial charge in [-0.05, 0) is 38.1 Å². The number of hydrogen-bond donors (Lipinski definition) is 1. The molecule has 1 N–H and O–H groups in total. The second-order valence-corrected chi connectivity index (χ2v) is 8.67. The molecule has 0 unspecified atom stereocenters. The van der Waals surface area contributed by atoms with Crippen LogP contribution in [-0.2, 0) is 4.79 Å². The molecule has 0 radical (unpaired) electrons. The molecule has 1 heterocycles. The van der Waals surface area contributed by atoms with E-state index in [-0.39, 0.29) is 24.4 Å². The van der Waals surface area contributed by atoms with Crippen molar-refractivity contribution in [3.63, 3.8) is 0 Å². The van der Waals surface area contributed by atoms with Crippen LogP contribution >= 0.6 is 0 Å². The number of benzene rings is 3. The third-order valence-corrected chi connectivity index (χ3v) is 5.89. The van der Waals surface area contributed by atoms with Crippen molar-refractivity contribution in [2.24, 2.45) is 0 Å². The summed E-state index contributed by atoms with van der Waals surface area (Å²) < 4.78 is 12.6. The van der Waals surface area contributed by atoms with Gasteiger partial charge in [-0.1, -0.05) is 48.5 Å². The van der Waals surface area contributed by atoms with Gasteiger partial charge in [-0.3, -0.25) is 19.5 Å². The molecule has 0 atom stereocenters. The standard InChI is InChI=1S/C29H30N4O4/c1-20(2)32(28(35)22-13-9-6-10-14-22)19-27(34)31-29-30-24(21-11-7-5-8-12-21)18-33(29)23-15-16-25(36-3)26(17-23)37-4/h5-18,20H,19H2,1-4H3,(H,30,31,34). The number of amides is 2. The molecule has 0 aliphatic rings. The van der Waals surface area contributed by atoms with E-state index >= 15 is 0 Å². The van der Waals surface area contributed by atoms with Crippen LogP contribution in [0, 0.1) is 0 Å². The zero-order valence-electron chi connectivity index (χ0n) is 21.3. The molecule has 0 aliphatic heterocycles. The van der Waals surface area contributed by atoms with Gasteiger partial charge in [0.1, 0.15) is 6.54 Å². The first kappa shape index (κ1) is 25.5. The van der Waals surface area contributed by atoms with Crippen LogP contribution in [0.3, 0.4) is 0 Å². The fourth-order valence-electron chi connectivity index (χ4n) is 3.94. The Labute approximate surface area is 216 Å². The summed E-state index contributed by atoms with van der Waals surface area (Å²) in [6.07, 6.45) is 1.85. The number of hydrogen-bond acceptors (Lipinski definition) is 5. The zero-order valence-corrected chi connectivity index (χ0v) is 21.3. The van der Waals surface area contributed by atoms with Gasteiger partial charge >= 0.3 is 0 Å². The third-order valence-electron chi connectivity index (χ3n) is 5.89. The SMILES string of the molecule is COc1ccc(-n2cc(-c3ccccc3)nc2NC(=O)CN(C(=O)c2ccccc2)C(C)C)cc1OC. The average molecular weight is 499 g/mol. The summed E-state index contributed by atoms with van der Waals surface area (Å²) >= 11 is 0. The molecular formula is C29H30N4O4. The summed E-state index contributed by atoms with van der Waals surface area (Å²) in [5, 5.41) is 2.90. The number of rotatable bonds is 9. The highest BCUT2D eigenvalue weighted by Crippen LogP contribution is 2.31. The number of methoxy groups -OCH3 is 2. The van der Waals surface area contributed by atoms with Crippen LogP contribution in [0.4, 0.5) is 5.95 Å². The molecule has 0 bridgehead atoms.